The first-order chi connectivity index (χ1) is 11.2. The fraction of sp³-hybridized carbons (Fsp3) is 0.368. The lowest BCUT2D eigenvalue weighted by atomic mass is 10.1. The largest absolute Gasteiger partial charge is 0.496 e. The maximum Gasteiger partial charge on any atom is 0.160 e. The minimum Gasteiger partial charge on any atom is -0.496 e. The maximum atomic E-state index is 5.38. The second kappa shape index (κ2) is 10.1. The highest BCUT2D eigenvalue weighted by molar-refractivity contribution is 5.85. The number of hydrogen-bond donors (Lipinski definition) is 1. The van der Waals surface area contributed by atoms with E-state index < -0.39 is 0 Å². The van der Waals surface area contributed by atoms with Crippen molar-refractivity contribution in [3.8, 4) is 17.2 Å². The average molecular weight is 352 g/mol. The van der Waals surface area contributed by atoms with Crippen molar-refractivity contribution >= 4 is 12.4 Å². The van der Waals surface area contributed by atoms with Gasteiger partial charge in [-0.3, -0.25) is 0 Å². The molecule has 0 heterocycles. The van der Waals surface area contributed by atoms with Gasteiger partial charge in [-0.25, -0.2) is 0 Å². The molecule has 24 heavy (non-hydrogen) atoms. The molecule has 0 spiro atoms. The number of nitrogens with one attached hydrogen (secondary N) is 1. The smallest absolute Gasteiger partial charge is 0.160 e. The number of para-hydroxylation sites is 1. The Bertz CT molecular complexity index is 634. The summed E-state index contributed by atoms with van der Waals surface area (Å²) in [4.78, 5) is 0. The zero-order valence-corrected chi connectivity index (χ0v) is 15.5. The normalized spacial score (nSPS) is 11.3. The predicted molar refractivity (Wildman–Crippen MR) is 99.8 cm³/mol. The van der Waals surface area contributed by atoms with Crippen molar-refractivity contribution in [1.82, 2.24) is 5.32 Å². The van der Waals surface area contributed by atoms with Crippen LogP contribution in [0.3, 0.4) is 0 Å². The van der Waals surface area contributed by atoms with Gasteiger partial charge in [0.2, 0.25) is 0 Å². The van der Waals surface area contributed by atoms with Crippen molar-refractivity contribution in [2.24, 2.45) is 0 Å². The molecule has 5 heteroatoms. The highest BCUT2D eigenvalue weighted by Gasteiger charge is 2.09. The second-order valence-corrected chi connectivity index (χ2v) is 5.49. The summed E-state index contributed by atoms with van der Waals surface area (Å²) < 4.78 is 16.0. The third-order valence-electron chi connectivity index (χ3n) is 3.82. The van der Waals surface area contributed by atoms with E-state index in [1.54, 1.807) is 21.3 Å². The van der Waals surface area contributed by atoms with Gasteiger partial charge < -0.3 is 19.5 Å². The molecule has 0 saturated carbocycles. The number of hydrogen-bond acceptors (Lipinski definition) is 4. The summed E-state index contributed by atoms with van der Waals surface area (Å²) >= 11 is 0. The first-order valence-corrected chi connectivity index (χ1v) is 7.74. The van der Waals surface area contributed by atoms with E-state index in [1.165, 1.54) is 5.56 Å². The van der Waals surface area contributed by atoms with E-state index in [0.717, 1.165) is 35.8 Å². The summed E-state index contributed by atoms with van der Waals surface area (Å²) in [5.41, 5.74) is 2.37. The van der Waals surface area contributed by atoms with Crippen LogP contribution in [0.4, 0.5) is 0 Å². The zero-order chi connectivity index (χ0) is 16.7. The van der Waals surface area contributed by atoms with Crippen LogP contribution in [0.25, 0.3) is 0 Å². The van der Waals surface area contributed by atoms with Crippen LogP contribution in [0, 0.1) is 0 Å². The van der Waals surface area contributed by atoms with E-state index >= 15 is 0 Å². The molecule has 0 aliphatic rings. The lowest BCUT2D eigenvalue weighted by molar-refractivity contribution is 0.354. The van der Waals surface area contributed by atoms with Crippen LogP contribution >= 0.6 is 12.4 Å². The Morgan fingerprint density at radius 3 is 2.21 bits per heavy atom. The van der Waals surface area contributed by atoms with Crippen LogP contribution in [-0.4, -0.2) is 27.4 Å². The van der Waals surface area contributed by atoms with Gasteiger partial charge >= 0.3 is 0 Å². The first kappa shape index (κ1) is 20.1. The van der Waals surface area contributed by atoms with Crippen molar-refractivity contribution < 1.29 is 14.2 Å². The van der Waals surface area contributed by atoms with Gasteiger partial charge in [-0.05, 0) is 37.1 Å². The highest BCUT2D eigenvalue weighted by Crippen LogP contribution is 2.28. The van der Waals surface area contributed by atoms with Crippen LogP contribution in [0.5, 0.6) is 17.2 Å². The minimum atomic E-state index is 0. The van der Waals surface area contributed by atoms with Gasteiger partial charge in [0.05, 0.1) is 21.3 Å². The molecule has 132 valence electrons. The maximum absolute atomic E-state index is 5.38. The van der Waals surface area contributed by atoms with E-state index in [-0.39, 0.29) is 12.4 Å². The fourth-order valence-electron chi connectivity index (χ4n) is 2.57. The average Bonchev–Trinajstić information content (AvgIpc) is 2.60. The van der Waals surface area contributed by atoms with E-state index in [2.05, 4.69) is 24.4 Å². The molecule has 2 aromatic rings. The summed E-state index contributed by atoms with van der Waals surface area (Å²) in [7, 11) is 5.01. The lowest BCUT2D eigenvalue weighted by Gasteiger charge is -2.16. The number of rotatable bonds is 8. The topological polar surface area (TPSA) is 39.7 Å². The Hall–Kier alpha value is -1.91. The summed E-state index contributed by atoms with van der Waals surface area (Å²) in [6.07, 6.45) is 0.912. The fourth-order valence-corrected chi connectivity index (χ4v) is 2.57. The SMILES string of the molecule is COc1ccccc1CNC(C)Cc1ccc(OC)c(OC)c1.Cl. The molecule has 0 aromatic heterocycles. The van der Waals surface area contributed by atoms with Crippen molar-refractivity contribution in [1.29, 1.82) is 0 Å². The van der Waals surface area contributed by atoms with Gasteiger partial charge in [0, 0.05) is 18.2 Å². The third kappa shape index (κ3) is 5.32. The van der Waals surface area contributed by atoms with Crippen LogP contribution in [0.2, 0.25) is 0 Å². The van der Waals surface area contributed by atoms with Crippen LogP contribution in [-0.2, 0) is 13.0 Å². The lowest BCUT2D eigenvalue weighted by Crippen LogP contribution is -2.27. The molecule has 0 amide bonds. The molecule has 0 saturated heterocycles. The van der Waals surface area contributed by atoms with E-state index in [0.29, 0.717) is 6.04 Å². The molecule has 0 radical (unpaired) electrons. The molecule has 1 N–H and O–H groups in total. The van der Waals surface area contributed by atoms with Gasteiger partial charge in [0.15, 0.2) is 11.5 Å². The second-order valence-electron chi connectivity index (χ2n) is 5.49. The summed E-state index contributed by atoms with van der Waals surface area (Å²) in [6.45, 7) is 2.95. The molecule has 4 nitrogen and oxygen atoms in total. The third-order valence-corrected chi connectivity index (χ3v) is 3.82. The molecule has 2 aromatic carbocycles. The van der Waals surface area contributed by atoms with Gasteiger partial charge in [-0.2, -0.15) is 0 Å². The molecule has 0 aliphatic carbocycles. The molecule has 0 bridgehead atoms. The first-order valence-electron chi connectivity index (χ1n) is 7.74. The molecule has 1 unspecified atom stereocenters. The summed E-state index contributed by atoms with van der Waals surface area (Å²) in [6, 6.07) is 14.4. The van der Waals surface area contributed by atoms with Crippen LogP contribution < -0.4 is 19.5 Å². The Balaban J connectivity index is 0.00000288. The monoisotopic (exact) mass is 351 g/mol. The molecular formula is C19H26ClNO3. The highest BCUT2D eigenvalue weighted by atomic mass is 35.5. The summed E-state index contributed by atoms with van der Waals surface area (Å²) in [5.74, 6) is 2.44. The van der Waals surface area contributed by atoms with Crippen molar-refractivity contribution in [2.45, 2.75) is 25.9 Å². The minimum absolute atomic E-state index is 0. The van der Waals surface area contributed by atoms with E-state index in [4.69, 9.17) is 14.2 Å². The standard InChI is InChI=1S/C19H25NO3.ClH/c1-14(20-13-16-7-5-6-8-17(16)21-2)11-15-9-10-18(22-3)19(12-15)23-4;/h5-10,12,14,20H,11,13H2,1-4H3;1H. The Morgan fingerprint density at radius 1 is 0.875 bits per heavy atom. The molecule has 1 atom stereocenters. The van der Waals surface area contributed by atoms with Crippen molar-refractivity contribution in [2.75, 3.05) is 21.3 Å². The van der Waals surface area contributed by atoms with Gasteiger partial charge in [0.25, 0.3) is 0 Å². The van der Waals surface area contributed by atoms with Crippen LogP contribution in [0.15, 0.2) is 42.5 Å². The quantitative estimate of drug-likeness (QED) is 0.784. The Kier molecular flexibility index (Phi) is 8.44. The molecule has 2 rings (SSSR count). The predicted octanol–water partition coefficient (Wildman–Crippen LogP) is 3.86. The number of halogens is 1. The van der Waals surface area contributed by atoms with Gasteiger partial charge in [0.1, 0.15) is 5.75 Å². The Morgan fingerprint density at radius 2 is 1.54 bits per heavy atom. The van der Waals surface area contributed by atoms with Crippen molar-refractivity contribution in [3.63, 3.8) is 0 Å². The number of methoxy groups -OCH3 is 3. The van der Waals surface area contributed by atoms with E-state index in [1.807, 2.05) is 30.3 Å². The van der Waals surface area contributed by atoms with Gasteiger partial charge in [-0.15, -0.1) is 12.4 Å². The number of ether oxygens (including phenoxy) is 3. The molecule has 0 fully saturated rings. The molecular weight excluding hydrogens is 326 g/mol. The van der Waals surface area contributed by atoms with Crippen molar-refractivity contribution in [3.05, 3.63) is 53.6 Å². The van der Waals surface area contributed by atoms with Gasteiger partial charge in [-0.1, -0.05) is 24.3 Å². The number of benzene rings is 2. The molecule has 0 aliphatic heterocycles. The van der Waals surface area contributed by atoms with E-state index in [9.17, 15) is 0 Å². The zero-order valence-electron chi connectivity index (χ0n) is 14.7. The van der Waals surface area contributed by atoms with Crippen LogP contribution in [0.1, 0.15) is 18.1 Å². The summed E-state index contributed by atoms with van der Waals surface area (Å²) in [5, 5.41) is 3.54. The Labute approximate surface area is 150 Å².